The second-order valence-corrected chi connectivity index (χ2v) is 7.83. The van der Waals surface area contributed by atoms with Crippen molar-refractivity contribution in [3.63, 3.8) is 0 Å². The monoisotopic (exact) mass is 490 g/mol. The zero-order valence-corrected chi connectivity index (χ0v) is 21.4. The van der Waals surface area contributed by atoms with Crippen molar-refractivity contribution in [1.29, 1.82) is 0 Å². The van der Waals surface area contributed by atoms with Gasteiger partial charge in [0.25, 0.3) is 10.0 Å². The standard InChI is InChI=1S/C18H21N5O8S.Na/c1-23(10-24)9-11-5-6-12(16(25)31-4)13(7-11)32(27,28)22-18(26)21-17-19-14(29-2)8-15(20-17)30-3;/h5-8,10H,9H2,1-4H3,(H2,19,20,21,22,26);. The minimum atomic E-state index is -4.55. The van der Waals surface area contributed by atoms with Crippen LogP contribution in [0.25, 0.3) is 0 Å². The van der Waals surface area contributed by atoms with Gasteiger partial charge >= 0.3 is 12.0 Å². The van der Waals surface area contributed by atoms with Gasteiger partial charge in [-0.1, -0.05) is 6.07 Å². The van der Waals surface area contributed by atoms with Crippen LogP contribution in [-0.2, 0) is 26.1 Å². The normalized spacial score (nSPS) is 10.3. The number of urea groups is 1. The number of hydrogen-bond donors (Lipinski definition) is 2. The summed E-state index contributed by atoms with van der Waals surface area (Å²) in [5.41, 5.74) is 0.0958. The number of nitrogens with one attached hydrogen (secondary N) is 2. The number of aromatic nitrogens is 2. The first kappa shape index (κ1) is 28.1. The number of anilines is 1. The van der Waals surface area contributed by atoms with Crippen molar-refractivity contribution in [2.45, 2.75) is 11.4 Å². The summed E-state index contributed by atoms with van der Waals surface area (Å²) >= 11 is 0. The number of carbonyl (C=O) groups excluding carboxylic acids is 3. The van der Waals surface area contributed by atoms with E-state index in [1.54, 1.807) is 4.72 Å². The molecule has 0 aliphatic rings. The van der Waals surface area contributed by atoms with E-state index < -0.39 is 26.9 Å². The third-order valence-corrected chi connectivity index (χ3v) is 5.27. The van der Waals surface area contributed by atoms with Gasteiger partial charge in [-0.25, -0.2) is 22.7 Å². The number of amides is 3. The molecule has 2 rings (SSSR count). The summed E-state index contributed by atoms with van der Waals surface area (Å²) in [7, 11) is 0.689. The molecule has 3 amide bonds. The number of esters is 1. The van der Waals surface area contributed by atoms with Crippen molar-refractivity contribution < 1.29 is 37.0 Å². The molecule has 0 atom stereocenters. The van der Waals surface area contributed by atoms with Gasteiger partial charge in [-0.3, -0.25) is 10.1 Å². The summed E-state index contributed by atoms with van der Waals surface area (Å²) in [4.78, 5) is 43.7. The summed E-state index contributed by atoms with van der Waals surface area (Å²) in [6, 6.07) is 3.99. The summed E-state index contributed by atoms with van der Waals surface area (Å²) in [5, 5.41) is 2.15. The number of ether oxygens (including phenoxy) is 3. The number of sulfonamides is 1. The maximum Gasteiger partial charge on any atom is 0.339 e. The Bertz CT molecular complexity index is 1110. The molecule has 0 spiro atoms. The van der Waals surface area contributed by atoms with E-state index in [0.717, 1.165) is 13.2 Å². The number of benzene rings is 1. The van der Waals surface area contributed by atoms with Crippen LogP contribution in [0.1, 0.15) is 15.9 Å². The first-order chi connectivity index (χ1) is 15.1. The molecule has 173 valence electrons. The fraction of sp³-hybridized carbons (Fsp3) is 0.278. The van der Waals surface area contributed by atoms with Crippen LogP contribution in [-0.4, -0.2) is 99.6 Å². The Morgan fingerprint density at radius 1 is 1.09 bits per heavy atom. The van der Waals surface area contributed by atoms with Crippen molar-refractivity contribution in [1.82, 2.24) is 19.6 Å². The van der Waals surface area contributed by atoms with Crippen molar-refractivity contribution in [3.05, 3.63) is 35.4 Å². The van der Waals surface area contributed by atoms with Crippen LogP contribution in [0.2, 0.25) is 0 Å². The van der Waals surface area contributed by atoms with Crippen molar-refractivity contribution in [2.24, 2.45) is 0 Å². The van der Waals surface area contributed by atoms with Crippen LogP contribution in [0.3, 0.4) is 0 Å². The Labute approximate surface area is 212 Å². The second-order valence-electron chi connectivity index (χ2n) is 6.18. The Balaban J connectivity index is 0.00000544. The van der Waals surface area contributed by atoms with Gasteiger partial charge in [-0.05, 0) is 17.7 Å². The summed E-state index contributed by atoms with van der Waals surface area (Å²) < 4.78 is 42.1. The zero-order chi connectivity index (χ0) is 23.9. The smallest absolute Gasteiger partial charge is 0.339 e. The second kappa shape index (κ2) is 12.3. The maximum atomic E-state index is 12.9. The van der Waals surface area contributed by atoms with Gasteiger partial charge in [-0.2, -0.15) is 9.97 Å². The van der Waals surface area contributed by atoms with Gasteiger partial charge in [0.2, 0.25) is 24.1 Å². The van der Waals surface area contributed by atoms with E-state index in [1.165, 1.54) is 44.4 Å². The predicted molar refractivity (Wildman–Crippen MR) is 116 cm³/mol. The molecule has 1 aromatic heterocycles. The molecule has 1 aromatic carbocycles. The average Bonchev–Trinajstić information content (AvgIpc) is 2.77. The van der Waals surface area contributed by atoms with Gasteiger partial charge in [0.05, 0.1) is 33.0 Å². The minimum Gasteiger partial charge on any atom is -0.481 e. The van der Waals surface area contributed by atoms with Gasteiger partial charge < -0.3 is 19.1 Å². The third-order valence-electron chi connectivity index (χ3n) is 3.90. The maximum absolute atomic E-state index is 12.9. The quantitative estimate of drug-likeness (QED) is 0.277. The average molecular weight is 490 g/mol. The minimum absolute atomic E-state index is 0. The topological polar surface area (TPSA) is 166 Å². The molecule has 0 unspecified atom stereocenters. The van der Waals surface area contributed by atoms with E-state index in [1.807, 2.05) is 0 Å². The Morgan fingerprint density at radius 3 is 2.21 bits per heavy atom. The summed E-state index contributed by atoms with van der Waals surface area (Å²) in [6.45, 7) is 0.0666. The number of nitrogens with zero attached hydrogens (tertiary/aromatic N) is 3. The molecule has 0 saturated heterocycles. The zero-order valence-electron chi connectivity index (χ0n) is 18.6. The van der Waals surface area contributed by atoms with E-state index in [9.17, 15) is 22.8 Å². The first-order valence-corrected chi connectivity index (χ1v) is 10.3. The van der Waals surface area contributed by atoms with Crippen LogP contribution in [0.4, 0.5) is 10.7 Å². The SMILES string of the molecule is COC(=O)c1ccc(CN(C)C=O)cc1S(=O)(=O)NC(=O)Nc1nc(OC)cc(OC)n1.[Na]. The van der Waals surface area contributed by atoms with Gasteiger partial charge in [-0.15, -0.1) is 0 Å². The molecule has 0 aliphatic carbocycles. The number of hydrogen-bond acceptors (Lipinski definition) is 10. The molecule has 1 radical (unpaired) electrons. The fourth-order valence-electron chi connectivity index (χ4n) is 2.46. The van der Waals surface area contributed by atoms with Gasteiger partial charge in [0.1, 0.15) is 4.90 Å². The fourth-order valence-corrected chi connectivity index (χ4v) is 3.62. The number of carbonyl (C=O) groups is 3. The Kier molecular flexibility index (Phi) is 10.5. The summed E-state index contributed by atoms with van der Waals surface area (Å²) in [6.07, 6.45) is 0.552. The van der Waals surface area contributed by atoms with Crippen LogP contribution < -0.4 is 19.5 Å². The number of rotatable bonds is 9. The molecule has 13 nitrogen and oxygen atoms in total. The van der Waals surface area contributed by atoms with Crippen molar-refractivity contribution >= 4 is 63.9 Å². The Morgan fingerprint density at radius 2 is 1.70 bits per heavy atom. The molecule has 1 heterocycles. The molecule has 0 saturated carbocycles. The van der Waals surface area contributed by atoms with E-state index in [-0.39, 0.29) is 59.4 Å². The molecule has 15 heteroatoms. The molecule has 0 aliphatic heterocycles. The van der Waals surface area contributed by atoms with Crippen LogP contribution in [0.15, 0.2) is 29.2 Å². The van der Waals surface area contributed by atoms with Gasteiger partial charge in [0.15, 0.2) is 0 Å². The van der Waals surface area contributed by atoms with E-state index in [4.69, 9.17) is 9.47 Å². The molecular weight excluding hydrogens is 469 g/mol. The molecular formula is C18H21N5NaO8S. The van der Waals surface area contributed by atoms with E-state index in [0.29, 0.717) is 12.0 Å². The van der Waals surface area contributed by atoms with Gasteiger partial charge in [0, 0.05) is 43.1 Å². The van der Waals surface area contributed by atoms with E-state index >= 15 is 0 Å². The molecule has 2 aromatic rings. The van der Waals surface area contributed by atoms with Crippen LogP contribution >= 0.6 is 0 Å². The number of methoxy groups -OCH3 is 3. The molecule has 2 N–H and O–H groups in total. The third kappa shape index (κ3) is 7.56. The van der Waals surface area contributed by atoms with Crippen molar-refractivity contribution in [3.8, 4) is 11.8 Å². The van der Waals surface area contributed by atoms with Crippen LogP contribution in [0, 0.1) is 0 Å². The van der Waals surface area contributed by atoms with Crippen LogP contribution in [0.5, 0.6) is 11.8 Å². The summed E-state index contributed by atoms with van der Waals surface area (Å²) in [5.74, 6) is -1.09. The largest absolute Gasteiger partial charge is 0.481 e. The Hall–Kier alpha value is -2.94. The predicted octanol–water partition coefficient (Wildman–Crippen LogP) is -0.00180. The first-order valence-electron chi connectivity index (χ1n) is 8.81. The molecule has 0 bridgehead atoms. The van der Waals surface area contributed by atoms with E-state index in [2.05, 4.69) is 20.0 Å². The molecule has 33 heavy (non-hydrogen) atoms. The van der Waals surface area contributed by atoms with Crippen molar-refractivity contribution in [2.75, 3.05) is 33.7 Å². The molecule has 0 fully saturated rings.